The van der Waals surface area contributed by atoms with Crippen LogP contribution in [0.15, 0.2) is 0 Å². The van der Waals surface area contributed by atoms with E-state index >= 15 is 0 Å². The fraction of sp³-hybridized carbons (Fsp3) is 1.00. The molecule has 0 aromatic heterocycles. The Balaban J connectivity index is 2.13. The van der Waals surface area contributed by atoms with E-state index in [1.54, 1.807) is 0 Å². The number of aliphatic hydroxyl groups excluding tert-OH is 1. The Morgan fingerprint density at radius 1 is 1.33 bits per heavy atom. The van der Waals surface area contributed by atoms with Gasteiger partial charge in [0.05, 0.1) is 19.3 Å². The van der Waals surface area contributed by atoms with Crippen LogP contribution in [-0.2, 0) is 4.74 Å². The van der Waals surface area contributed by atoms with Crippen molar-refractivity contribution in [2.45, 2.75) is 39.7 Å². The molecule has 3 nitrogen and oxygen atoms in total. The number of aliphatic hydroxyl groups is 1. The highest BCUT2D eigenvalue weighted by atomic mass is 16.5. The van der Waals surface area contributed by atoms with Crippen molar-refractivity contribution in [3.05, 3.63) is 0 Å². The molecule has 0 aromatic rings. The summed E-state index contributed by atoms with van der Waals surface area (Å²) in [5.41, 5.74) is 0.299. The summed E-state index contributed by atoms with van der Waals surface area (Å²) in [7, 11) is 0. The fourth-order valence-corrected chi connectivity index (χ4v) is 2.07. The first kappa shape index (κ1) is 12.9. The van der Waals surface area contributed by atoms with E-state index in [4.69, 9.17) is 4.74 Å². The average molecular weight is 215 g/mol. The van der Waals surface area contributed by atoms with Gasteiger partial charge in [0.25, 0.3) is 0 Å². The Morgan fingerprint density at radius 3 is 2.33 bits per heavy atom. The van der Waals surface area contributed by atoms with E-state index in [-0.39, 0.29) is 6.10 Å². The summed E-state index contributed by atoms with van der Waals surface area (Å²) >= 11 is 0. The second kappa shape index (κ2) is 5.83. The molecular weight excluding hydrogens is 190 g/mol. The fourth-order valence-electron chi connectivity index (χ4n) is 2.07. The molecule has 0 spiro atoms. The molecular formula is C12H25NO2. The van der Waals surface area contributed by atoms with Gasteiger partial charge in [-0.2, -0.15) is 0 Å². The molecule has 0 radical (unpaired) electrons. The maximum atomic E-state index is 9.90. The Morgan fingerprint density at radius 2 is 1.93 bits per heavy atom. The lowest BCUT2D eigenvalue weighted by molar-refractivity contribution is -0.0999. The van der Waals surface area contributed by atoms with Gasteiger partial charge in [-0.05, 0) is 5.92 Å². The summed E-state index contributed by atoms with van der Waals surface area (Å²) in [4.78, 5) is 0. The highest BCUT2D eigenvalue weighted by Gasteiger charge is 2.32. The van der Waals surface area contributed by atoms with Crippen molar-refractivity contribution in [2.24, 2.45) is 11.3 Å². The third kappa shape index (κ3) is 3.74. The van der Waals surface area contributed by atoms with Crippen molar-refractivity contribution in [3.8, 4) is 0 Å². The molecule has 1 heterocycles. The number of ether oxygens (including phenoxy) is 1. The predicted molar refractivity (Wildman–Crippen MR) is 61.9 cm³/mol. The van der Waals surface area contributed by atoms with Gasteiger partial charge in [0.15, 0.2) is 0 Å². The van der Waals surface area contributed by atoms with Crippen LogP contribution in [0.5, 0.6) is 0 Å². The lowest BCUT2D eigenvalue weighted by Gasteiger charge is -2.38. The van der Waals surface area contributed by atoms with Gasteiger partial charge in [-0.15, -0.1) is 0 Å². The van der Waals surface area contributed by atoms with E-state index in [0.717, 1.165) is 32.6 Å². The second-order valence-corrected chi connectivity index (χ2v) is 5.08. The molecule has 0 saturated carbocycles. The summed E-state index contributed by atoms with van der Waals surface area (Å²) in [6, 6.07) is 0. The molecule has 0 aliphatic carbocycles. The highest BCUT2D eigenvalue weighted by molar-refractivity contribution is 4.83. The van der Waals surface area contributed by atoms with Crippen LogP contribution in [-0.4, -0.2) is 37.5 Å². The molecule has 1 aliphatic rings. The molecule has 0 amide bonds. The maximum absolute atomic E-state index is 9.90. The zero-order valence-corrected chi connectivity index (χ0v) is 10.3. The van der Waals surface area contributed by atoms with E-state index in [2.05, 4.69) is 26.1 Å². The number of nitrogens with one attached hydrogen (secondary N) is 1. The van der Waals surface area contributed by atoms with Crippen LogP contribution in [0.1, 0.15) is 33.6 Å². The second-order valence-electron chi connectivity index (χ2n) is 5.08. The molecule has 3 heteroatoms. The largest absolute Gasteiger partial charge is 0.392 e. The van der Waals surface area contributed by atoms with Gasteiger partial charge in [-0.3, -0.25) is 0 Å². The van der Waals surface area contributed by atoms with Gasteiger partial charge >= 0.3 is 0 Å². The van der Waals surface area contributed by atoms with Gasteiger partial charge in [-0.25, -0.2) is 0 Å². The standard InChI is InChI=1S/C12H25NO2/c1-4-10(5-2)11(14)6-13-7-12(3)8-15-9-12/h10-11,13-14H,4-9H2,1-3H3. The maximum Gasteiger partial charge on any atom is 0.0692 e. The number of hydrogen-bond acceptors (Lipinski definition) is 3. The molecule has 15 heavy (non-hydrogen) atoms. The Bertz CT molecular complexity index is 176. The summed E-state index contributed by atoms with van der Waals surface area (Å²) < 4.78 is 5.18. The Labute approximate surface area is 93.2 Å². The molecule has 1 rings (SSSR count). The minimum absolute atomic E-state index is 0.204. The van der Waals surface area contributed by atoms with Gasteiger partial charge in [0, 0.05) is 18.5 Å². The topological polar surface area (TPSA) is 41.5 Å². The molecule has 2 N–H and O–H groups in total. The Hall–Kier alpha value is -0.120. The van der Waals surface area contributed by atoms with Crippen molar-refractivity contribution >= 4 is 0 Å². The van der Waals surface area contributed by atoms with Gasteiger partial charge in [-0.1, -0.05) is 33.6 Å². The summed E-state index contributed by atoms with van der Waals surface area (Å²) in [6.45, 7) is 9.85. The number of hydrogen-bond donors (Lipinski definition) is 2. The molecule has 0 aromatic carbocycles. The summed E-state index contributed by atoms with van der Waals surface area (Å²) in [5.74, 6) is 0.433. The molecule has 1 saturated heterocycles. The van der Waals surface area contributed by atoms with Crippen LogP contribution >= 0.6 is 0 Å². The first-order valence-corrected chi connectivity index (χ1v) is 6.08. The molecule has 90 valence electrons. The van der Waals surface area contributed by atoms with Crippen LogP contribution in [0.4, 0.5) is 0 Å². The van der Waals surface area contributed by atoms with E-state index in [9.17, 15) is 5.11 Å². The van der Waals surface area contributed by atoms with Crippen LogP contribution in [0.25, 0.3) is 0 Å². The van der Waals surface area contributed by atoms with Crippen molar-refractivity contribution < 1.29 is 9.84 Å². The normalized spacial score (nSPS) is 21.4. The summed E-state index contributed by atoms with van der Waals surface area (Å²) in [6.07, 6.45) is 1.91. The van der Waals surface area contributed by atoms with E-state index in [1.165, 1.54) is 0 Å². The van der Waals surface area contributed by atoms with Crippen molar-refractivity contribution in [1.82, 2.24) is 5.32 Å². The summed E-state index contributed by atoms with van der Waals surface area (Å²) in [5, 5.41) is 13.2. The van der Waals surface area contributed by atoms with Crippen molar-refractivity contribution in [1.29, 1.82) is 0 Å². The quantitative estimate of drug-likeness (QED) is 0.674. The van der Waals surface area contributed by atoms with Crippen molar-refractivity contribution in [3.63, 3.8) is 0 Å². The molecule has 0 bridgehead atoms. The molecule has 1 atom stereocenters. The van der Waals surface area contributed by atoms with Gasteiger partial charge in [0.2, 0.25) is 0 Å². The average Bonchev–Trinajstić information content (AvgIpc) is 2.17. The van der Waals surface area contributed by atoms with E-state index < -0.39 is 0 Å². The third-order valence-corrected chi connectivity index (χ3v) is 3.40. The number of rotatable bonds is 7. The molecule has 1 aliphatic heterocycles. The lowest BCUT2D eigenvalue weighted by Crippen LogP contribution is -2.49. The third-order valence-electron chi connectivity index (χ3n) is 3.40. The molecule has 1 fully saturated rings. The highest BCUT2D eigenvalue weighted by Crippen LogP contribution is 2.25. The smallest absolute Gasteiger partial charge is 0.0692 e. The van der Waals surface area contributed by atoms with Crippen LogP contribution in [0, 0.1) is 11.3 Å². The van der Waals surface area contributed by atoms with Crippen LogP contribution in [0.3, 0.4) is 0 Å². The zero-order chi connectivity index (χ0) is 11.3. The zero-order valence-electron chi connectivity index (χ0n) is 10.3. The lowest BCUT2D eigenvalue weighted by atomic mass is 9.88. The molecule has 1 unspecified atom stereocenters. The van der Waals surface area contributed by atoms with Crippen LogP contribution < -0.4 is 5.32 Å². The van der Waals surface area contributed by atoms with E-state index in [0.29, 0.717) is 17.9 Å². The van der Waals surface area contributed by atoms with Gasteiger partial charge in [0.1, 0.15) is 0 Å². The minimum Gasteiger partial charge on any atom is -0.392 e. The first-order chi connectivity index (χ1) is 7.11. The van der Waals surface area contributed by atoms with E-state index in [1.807, 2.05) is 0 Å². The minimum atomic E-state index is -0.204. The van der Waals surface area contributed by atoms with Gasteiger partial charge < -0.3 is 15.2 Å². The predicted octanol–water partition coefficient (Wildman–Crippen LogP) is 1.41. The monoisotopic (exact) mass is 215 g/mol. The first-order valence-electron chi connectivity index (χ1n) is 6.08. The SMILES string of the molecule is CCC(CC)C(O)CNCC1(C)COC1. The Kier molecular flexibility index (Phi) is 5.03. The van der Waals surface area contributed by atoms with Crippen molar-refractivity contribution in [2.75, 3.05) is 26.3 Å². The van der Waals surface area contributed by atoms with Crippen LogP contribution in [0.2, 0.25) is 0 Å².